The van der Waals surface area contributed by atoms with Crippen LogP contribution in [0.4, 0.5) is 0 Å². The van der Waals surface area contributed by atoms with Crippen LogP contribution in [0.3, 0.4) is 0 Å². The largest absolute Gasteiger partial charge is 0.461 e. The van der Waals surface area contributed by atoms with Gasteiger partial charge in [-0.25, -0.2) is 0 Å². The van der Waals surface area contributed by atoms with Gasteiger partial charge in [-0.3, -0.25) is 4.79 Å². The van der Waals surface area contributed by atoms with Crippen LogP contribution in [-0.4, -0.2) is 12.6 Å². The van der Waals surface area contributed by atoms with Gasteiger partial charge >= 0.3 is 5.97 Å². The second-order valence-corrected chi connectivity index (χ2v) is 5.44. The molecule has 0 saturated heterocycles. The van der Waals surface area contributed by atoms with Gasteiger partial charge < -0.3 is 4.74 Å². The first kappa shape index (κ1) is 18.2. The number of carbonyl (C=O) groups is 1. The summed E-state index contributed by atoms with van der Waals surface area (Å²) in [7, 11) is 0. The first-order valence-corrected chi connectivity index (χ1v) is 8.31. The van der Waals surface area contributed by atoms with Crippen LogP contribution < -0.4 is 0 Å². The van der Waals surface area contributed by atoms with E-state index >= 15 is 0 Å². The lowest BCUT2D eigenvalue weighted by atomic mass is 10.1. The van der Waals surface area contributed by atoms with Crippen molar-refractivity contribution < 1.29 is 9.53 Å². The molecule has 22 heavy (non-hydrogen) atoms. The zero-order chi connectivity index (χ0) is 15.9. The zero-order valence-corrected chi connectivity index (χ0v) is 13.5. The Kier molecular flexibility index (Phi) is 10.7. The fourth-order valence-corrected chi connectivity index (χ4v) is 2.23. The Morgan fingerprint density at radius 2 is 1.68 bits per heavy atom. The average Bonchev–Trinajstić information content (AvgIpc) is 2.55. The van der Waals surface area contributed by atoms with E-state index in [9.17, 15) is 4.79 Å². The van der Waals surface area contributed by atoms with Crippen LogP contribution in [0.5, 0.6) is 0 Å². The molecule has 0 saturated carbocycles. The summed E-state index contributed by atoms with van der Waals surface area (Å²) >= 11 is 0. The maximum Gasteiger partial charge on any atom is 0.306 e. The average molecular weight is 300 g/mol. The molecular weight excluding hydrogens is 272 g/mol. The van der Waals surface area contributed by atoms with Crippen molar-refractivity contribution in [1.29, 1.82) is 0 Å². The van der Waals surface area contributed by atoms with Crippen molar-refractivity contribution in [2.45, 2.75) is 51.4 Å². The molecular formula is C20H28O2. The lowest BCUT2D eigenvalue weighted by molar-refractivity contribution is -0.142. The van der Waals surface area contributed by atoms with Gasteiger partial charge in [-0.2, -0.15) is 0 Å². The van der Waals surface area contributed by atoms with Crippen LogP contribution in [0, 0.1) is 0 Å². The molecule has 0 aliphatic heterocycles. The Balaban J connectivity index is 1.95. The molecule has 0 spiro atoms. The highest BCUT2D eigenvalue weighted by atomic mass is 16.5. The van der Waals surface area contributed by atoms with Gasteiger partial charge in [-0.05, 0) is 30.9 Å². The third-order valence-corrected chi connectivity index (χ3v) is 3.49. The van der Waals surface area contributed by atoms with E-state index in [-0.39, 0.29) is 5.97 Å². The molecule has 0 amide bonds. The molecule has 0 aromatic heterocycles. The molecule has 0 radical (unpaired) electrons. The highest BCUT2D eigenvalue weighted by Crippen LogP contribution is 2.09. The normalized spacial score (nSPS) is 10.7. The van der Waals surface area contributed by atoms with E-state index in [4.69, 9.17) is 4.74 Å². The number of hydrogen-bond donors (Lipinski definition) is 0. The number of ether oxygens (including phenoxy) is 1. The Morgan fingerprint density at radius 3 is 2.41 bits per heavy atom. The fraction of sp³-hybridized carbons (Fsp3) is 0.450. The number of esters is 1. The number of unbranched alkanes of at least 4 members (excludes halogenated alkanes) is 6. The molecule has 1 aromatic rings. The third kappa shape index (κ3) is 9.98. The predicted molar refractivity (Wildman–Crippen MR) is 93.6 cm³/mol. The molecule has 2 nitrogen and oxygen atoms in total. The van der Waals surface area contributed by atoms with Gasteiger partial charge in [-0.1, -0.05) is 68.2 Å². The summed E-state index contributed by atoms with van der Waals surface area (Å²) < 4.78 is 5.19. The van der Waals surface area contributed by atoms with Crippen molar-refractivity contribution >= 4 is 12.0 Å². The molecule has 2 heteroatoms. The number of carbonyl (C=O) groups excluding carboxylic acids is 1. The molecule has 0 fully saturated rings. The van der Waals surface area contributed by atoms with E-state index in [0.717, 1.165) is 24.8 Å². The van der Waals surface area contributed by atoms with Crippen LogP contribution in [0.2, 0.25) is 0 Å². The summed E-state index contributed by atoms with van der Waals surface area (Å²) in [4.78, 5) is 11.6. The van der Waals surface area contributed by atoms with Crippen molar-refractivity contribution in [3.8, 4) is 0 Å². The lowest BCUT2D eigenvalue weighted by Gasteiger charge is -2.02. The van der Waals surface area contributed by atoms with E-state index in [1.807, 2.05) is 48.6 Å². The highest BCUT2D eigenvalue weighted by Gasteiger charge is 2.01. The SMILES string of the molecule is C=CCCCCCCCCC(=O)OC/C=C/c1ccccc1. The van der Waals surface area contributed by atoms with Crippen molar-refractivity contribution in [2.24, 2.45) is 0 Å². The number of allylic oxidation sites excluding steroid dienone is 1. The van der Waals surface area contributed by atoms with Gasteiger partial charge in [0, 0.05) is 6.42 Å². The maximum atomic E-state index is 11.6. The molecule has 1 aromatic carbocycles. The number of hydrogen-bond acceptors (Lipinski definition) is 2. The summed E-state index contributed by atoms with van der Waals surface area (Å²) in [5, 5.41) is 0. The van der Waals surface area contributed by atoms with E-state index in [0.29, 0.717) is 13.0 Å². The maximum absolute atomic E-state index is 11.6. The fourth-order valence-electron chi connectivity index (χ4n) is 2.23. The molecule has 0 atom stereocenters. The van der Waals surface area contributed by atoms with Crippen LogP contribution >= 0.6 is 0 Å². The first-order valence-electron chi connectivity index (χ1n) is 8.31. The van der Waals surface area contributed by atoms with E-state index < -0.39 is 0 Å². The Morgan fingerprint density at radius 1 is 1.00 bits per heavy atom. The Hall–Kier alpha value is -1.83. The number of benzene rings is 1. The molecule has 0 N–H and O–H groups in total. The summed E-state index contributed by atoms with van der Waals surface area (Å²) in [5.74, 6) is -0.0932. The predicted octanol–water partition coefficient (Wildman–Crippen LogP) is 5.55. The van der Waals surface area contributed by atoms with Gasteiger partial charge in [0.05, 0.1) is 0 Å². The molecule has 0 unspecified atom stereocenters. The van der Waals surface area contributed by atoms with Crippen LogP contribution in [-0.2, 0) is 9.53 Å². The highest BCUT2D eigenvalue weighted by molar-refractivity contribution is 5.69. The van der Waals surface area contributed by atoms with E-state index in [1.165, 1.54) is 25.7 Å². The summed E-state index contributed by atoms with van der Waals surface area (Å²) in [6, 6.07) is 10.0. The van der Waals surface area contributed by atoms with Crippen LogP contribution in [0.1, 0.15) is 56.9 Å². The summed E-state index contributed by atoms with van der Waals surface area (Å²) in [6.07, 6.45) is 14.5. The molecule has 1 rings (SSSR count). The third-order valence-electron chi connectivity index (χ3n) is 3.49. The second-order valence-electron chi connectivity index (χ2n) is 5.44. The minimum Gasteiger partial charge on any atom is -0.461 e. The molecule has 0 aliphatic rings. The lowest BCUT2D eigenvalue weighted by Crippen LogP contribution is -2.03. The zero-order valence-electron chi connectivity index (χ0n) is 13.5. The van der Waals surface area contributed by atoms with Crippen LogP contribution in [0.25, 0.3) is 6.08 Å². The monoisotopic (exact) mass is 300 g/mol. The van der Waals surface area contributed by atoms with E-state index in [2.05, 4.69) is 6.58 Å². The Labute approximate surface area is 134 Å². The molecule has 0 bridgehead atoms. The topological polar surface area (TPSA) is 26.3 Å². The van der Waals surface area contributed by atoms with E-state index in [1.54, 1.807) is 0 Å². The van der Waals surface area contributed by atoms with Gasteiger partial charge in [0.15, 0.2) is 0 Å². The quantitative estimate of drug-likeness (QED) is 0.287. The second kappa shape index (κ2) is 12.9. The molecule has 0 aliphatic carbocycles. The molecule has 120 valence electrons. The van der Waals surface area contributed by atoms with Crippen LogP contribution in [0.15, 0.2) is 49.1 Å². The van der Waals surface area contributed by atoms with Gasteiger partial charge in [-0.15, -0.1) is 6.58 Å². The van der Waals surface area contributed by atoms with Crippen molar-refractivity contribution in [3.05, 3.63) is 54.6 Å². The van der Waals surface area contributed by atoms with Crippen molar-refractivity contribution in [2.75, 3.05) is 6.61 Å². The van der Waals surface area contributed by atoms with Gasteiger partial charge in [0.25, 0.3) is 0 Å². The molecule has 0 heterocycles. The minimum atomic E-state index is -0.0932. The van der Waals surface area contributed by atoms with Crippen molar-refractivity contribution in [1.82, 2.24) is 0 Å². The standard InChI is InChI=1S/C20H28O2/c1-2-3-4-5-6-7-8-12-17-20(21)22-18-13-16-19-14-10-9-11-15-19/h2,9-11,13-16H,1,3-8,12,17-18H2/b16-13+. The Bertz CT molecular complexity index is 434. The minimum absolute atomic E-state index is 0.0932. The van der Waals surface area contributed by atoms with Crippen molar-refractivity contribution in [3.63, 3.8) is 0 Å². The van der Waals surface area contributed by atoms with Gasteiger partial charge in [0.2, 0.25) is 0 Å². The first-order chi connectivity index (χ1) is 10.8. The smallest absolute Gasteiger partial charge is 0.306 e. The summed E-state index contributed by atoms with van der Waals surface area (Å²) in [5.41, 5.74) is 1.12. The van der Waals surface area contributed by atoms with Gasteiger partial charge in [0.1, 0.15) is 6.61 Å². The number of rotatable bonds is 12. The summed E-state index contributed by atoms with van der Waals surface area (Å²) in [6.45, 7) is 4.08.